The number of halogens is 1. The van der Waals surface area contributed by atoms with Gasteiger partial charge in [0.2, 0.25) is 0 Å². The van der Waals surface area contributed by atoms with Gasteiger partial charge in [-0.05, 0) is 61.4 Å². The number of aryl methyl sites for hydroxylation is 2. The van der Waals surface area contributed by atoms with Crippen molar-refractivity contribution in [1.82, 2.24) is 0 Å². The molecule has 1 aliphatic rings. The number of rotatable bonds is 3. The zero-order valence-electron chi connectivity index (χ0n) is 14.7. The molecular weight excluding hydrogens is 344 g/mol. The van der Waals surface area contributed by atoms with Crippen molar-refractivity contribution in [3.63, 3.8) is 0 Å². The van der Waals surface area contributed by atoms with Crippen molar-refractivity contribution in [2.75, 3.05) is 10.2 Å². The van der Waals surface area contributed by atoms with Crippen LogP contribution in [0.4, 0.5) is 11.4 Å². The Morgan fingerprint density at radius 3 is 2.46 bits per heavy atom. The molecule has 1 atom stereocenters. The van der Waals surface area contributed by atoms with E-state index in [0.717, 1.165) is 28.1 Å². The van der Waals surface area contributed by atoms with Gasteiger partial charge in [0.15, 0.2) is 0 Å². The minimum atomic E-state index is -0.264. The lowest BCUT2D eigenvalue weighted by atomic mass is 10.1. The Kier molecular flexibility index (Phi) is 4.17. The SMILES string of the molecule is Cc1ccc(C)c(N[C@H]2c3ccccc3C(=O)N2c2ccc(Cl)cc2)c1. The van der Waals surface area contributed by atoms with Crippen molar-refractivity contribution < 1.29 is 4.79 Å². The van der Waals surface area contributed by atoms with E-state index in [1.54, 1.807) is 4.90 Å². The Balaban J connectivity index is 1.80. The summed E-state index contributed by atoms with van der Waals surface area (Å²) in [5, 5.41) is 4.22. The van der Waals surface area contributed by atoms with Crippen molar-refractivity contribution in [2.45, 2.75) is 20.0 Å². The number of amides is 1. The molecule has 1 amide bonds. The van der Waals surface area contributed by atoms with Gasteiger partial charge in [-0.3, -0.25) is 9.69 Å². The second-order valence-electron chi connectivity index (χ2n) is 6.60. The predicted molar refractivity (Wildman–Crippen MR) is 107 cm³/mol. The standard InChI is InChI=1S/C22H19ClN2O/c1-14-7-8-15(2)20(13-14)24-21-18-5-3-4-6-19(18)22(26)25(21)17-11-9-16(23)10-12-17/h3-13,21,24H,1-2H3/t21-/m1/s1. The molecule has 130 valence electrons. The summed E-state index contributed by atoms with van der Waals surface area (Å²) in [6, 6.07) is 21.4. The second-order valence-corrected chi connectivity index (χ2v) is 7.04. The molecule has 1 heterocycles. The molecule has 0 saturated heterocycles. The first-order valence-electron chi connectivity index (χ1n) is 8.56. The Labute approximate surface area is 158 Å². The highest BCUT2D eigenvalue weighted by atomic mass is 35.5. The quantitative estimate of drug-likeness (QED) is 0.645. The molecule has 4 heteroatoms. The van der Waals surface area contributed by atoms with Gasteiger partial charge in [-0.25, -0.2) is 0 Å². The van der Waals surface area contributed by atoms with Crippen LogP contribution in [0.1, 0.15) is 33.2 Å². The molecule has 0 bridgehead atoms. The average molecular weight is 363 g/mol. The fraction of sp³-hybridized carbons (Fsp3) is 0.136. The monoisotopic (exact) mass is 362 g/mol. The van der Waals surface area contributed by atoms with E-state index < -0.39 is 0 Å². The van der Waals surface area contributed by atoms with E-state index in [1.165, 1.54) is 5.56 Å². The van der Waals surface area contributed by atoms with E-state index >= 15 is 0 Å². The van der Waals surface area contributed by atoms with Gasteiger partial charge in [0, 0.05) is 27.5 Å². The predicted octanol–water partition coefficient (Wildman–Crippen LogP) is 5.73. The van der Waals surface area contributed by atoms with E-state index in [-0.39, 0.29) is 12.1 Å². The van der Waals surface area contributed by atoms with Gasteiger partial charge >= 0.3 is 0 Å². The Morgan fingerprint density at radius 1 is 0.962 bits per heavy atom. The number of benzene rings is 3. The third-order valence-electron chi connectivity index (χ3n) is 4.75. The van der Waals surface area contributed by atoms with E-state index in [4.69, 9.17) is 11.6 Å². The van der Waals surface area contributed by atoms with Gasteiger partial charge in [-0.1, -0.05) is 41.9 Å². The lowest BCUT2D eigenvalue weighted by Gasteiger charge is -2.28. The highest BCUT2D eigenvalue weighted by Crippen LogP contribution is 2.38. The highest BCUT2D eigenvalue weighted by Gasteiger charge is 2.37. The fourth-order valence-corrected chi connectivity index (χ4v) is 3.49. The molecular formula is C22H19ClN2O. The van der Waals surface area contributed by atoms with Crippen molar-refractivity contribution >= 4 is 28.9 Å². The number of hydrogen-bond donors (Lipinski definition) is 1. The number of hydrogen-bond acceptors (Lipinski definition) is 2. The van der Waals surface area contributed by atoms with Gasteiger partial charge in [-0.15, -0.1) is 0 Å². The molecule has 3 aromatic carbocycles. The molecule has 0 aromatic heterocycles. The summed E-state index contributed by atoms with van der Waals surface area (Å²) in [7, 11) is 0. The minimum absolute atomic E-state index is 0.00858. The number of anilines is 2. The maximum absolute atomic E-state index is 13.1. The van der Waals surface area contributed by atoms with Gasteiger partial charge in [0.1, 0.15) is 6.17 Å². The van der Waals surface area contributed by atoms with E-state index in [2.05, 4.69) is 37.4 Å². The zero-order chi connectivity index (χ0) is 18.3. The van der Waals surface area contributed by atoms with Gasteiger partial charge in [0.05, 0.1) is 0 Å². The van der Waals surface area contributed by atoms with Crippen LogP contribution in [-0.2, 0) is 0 Å². The summed E-state index contributed by atoms with van der Waals surface area (Å²) in [6.07, 6.45) is -0.264. The first-order valence-corrected chi connectivity index (χ1v) is 8.94. The van der Waals surface area contributed by atoms with Crippen LogP contribution in [0, 0.1) is 13.8 Å². The van der Waals surface area contributed by atoms with Crippen LogP contribution in [0.2, 0.25) is 5.02 Å². The van der Waals surface area contributed by atoms with Crippen LogP contribution in [0.15, 0.2) is 66.7 Å². The maximum atomic E-state index is 13.1. The molecule has 0 radical (unpaired) electrons. The molecule has 1 N–H and O–H groups in total. The molecule has 3 aromatic rings. The molecule has 0 saturated carbocycles. The number of carbonyl (C=O) groups is 1. The van der Waals surface area contributed by atoms with Crippen LogP contribution in [0.5, 0.6) is 0 Å². The number of nitrogens with one attached hydrogen (secondary N) is 1. The normalized spacial score (nSPS) is 15.9. The van der Waals surface area contributed by atoms with Crippen LogP contribution >= 0.6 is 11.6 Å². The summed E-state index contributed by atoms with van der Waals surface area (Å²) < 4.78 is 0. The summed E-state index contributed by atoms with van der Waals surface area (Å²) >= 11 is 6.03. The number of fused-ring (bicyclic) bond motifs is 1. The van der Waals surface area contributed by atoms with E-state index in [1.807, 2.05) is 48.5 Å². The Bertz CT molecular complexity index is 982. The van der Waals surface area contributed by atoms with Gasteiger partial charge in [0.25, 0.3) is 5.91 Å². The highest BCUT2D eigenvalue weighted by molar-refractivity contribution is 6.30. The van der Waals surface area contributed by atoms with Crippen molar-refractivity contribution in [3.8, 4) is 0 Å². The molecule has 0 unspecified atom stereocenters. The van der Waals surface area contributed by atoms with E-state index in [9.17, 15) is 4.79 Å². The second kappa shape index (κ2) is 6.50. The summed E-state index contributed by atoms with van der Waals surface area (Å²) in [5.41, 5.74) is 5.87. The fourth-order valence-electron chi connectivity index (χ4n) is 3.37. The van der Waals surface area contributed by atoms with Gasteiger partial charge < -0.3 is 5.32 Å². The van der Waals surface area contributed by atoms with Crippen LogP contribution < -0.4 is 10.2 Å². The molecule has 26 heavy (non-hydrogen) atoms. The van der Waals surface area contributed by atoms with Gasteiger partial charge in [-0.2, -0.15) is 0 Å². The summed E-state index contributed by atoms with van der Waals surface area (Å²) in [6.45, 7) is 4.13. The van der Waals surface area contributed by atoms with Crippen LogP contribution in [0.3, 0.4) is 0 Å². The zero-order valence-corrected chi connectivity index (χ0v) is 15.4. The van der Waals surface area contributed by atoms with Crippen molar-refractivity contribution in [3.05, 3.63) is 94.0 Å². The third kappa shape index (κ3) is 2.85. The molecule has 4 rings (SSSR count). The topological polar surface area (TPSA) is 32.3 Å². The lowest BCUT2D eigenvalue weighted by Crippen LogP contribution is -2.32. The lowest BCUT2D eigenvalue weighted by molar-refractivity contribution is 0.0993. The van der Waals surface area contributed by atoms with Crippen LogP contribution in [-0.4, -0.2) is 5.91 Å². The molecule has 1 aliphatic heterocycles. The average Bonchev–Trinajstić information content (AvgIpc) is 2.92. The maximum Gasteiger partial charge on any atom is 0.260 e. The Hall–Kier alpha value is -2.78. The molecule has 0 spiro atoms. The van der Waals surface area contributed by atoms with Crippen molar-refractivity contribution in [2.24, 2.45) is 0 Å². The van der Waals surface area contributed by atoms with Crippen molar-refractivity contribution in [1.29, 1.82) is 0 Å². The Morgan fingerprint density at radius 2 is 1.69 bits per heavy atom. The minimum Gasteiger partial charge on any atom is -0.361 e. The van der Waals surface area contributed by atoms with E-state index in [0.29, 0.717) is 5.02 Å². The number of nitrogens with zero attached hydrogens (tertiary/aromatic N) is 1. The molecule has 0 fully saturated rings. The smallest absolute Gasteiger partial charge is 0.260 e. The molecule has 3 nitrogen and oxygen atoms in total. The summed E-state index contributed by atoms with van der Waals surface area (Å²) in [5.74, 6) is -0.00858. The molecule has 0 aliphatic carbocycles. The first kappa shape index (κ1) is 16.7. The largest absolute Gasteiger partial charge is 0.361 e. The number of carbonyl (C=O) groups excluding carboxylic acids is 1. The van der Waals surface area contributed by atoms with Crippen LogP contribution in [0.25, 0.3) is 0 Å². The summed E-state index contributed by atoms with van der Waals surface area (Å²) in [4.78, 5) is 14.9. The first-order chi connectivity index (χ1) is 12.5. The third-order valence-corrected chi connectivity index (χ3v) is 5.00.